The molecule has 0 N–H and O–H groups in total. The topological polar surface area (TPSA) is 48.0 Å². The number of benzene rings is 2. The summed E-state index contributed by atoms with van der Waals surface area (Å²) in [5.41, 5.74) is 0.999. The van der Waals surface area contributed by atoms with Crippen molar-refractivity contribution in [3.8, 4) is 17.2 Å². The van der Waals surface area contributed by atoms with E-state index in [4.69, 9.17) is 14.2 Å². The minimum Gasteiger partial charge on any atom is -0.481 e. The quantitative estimate of drug-likeness (QED) is 0.744. The van der Waals surface area contributed by atoms with Crippen molar-refractivity contribution in [3.63, 3.8) is 0 Å². The minimum atomic E-state index is -0.653. The van der Waals surface area contributed by atoms with Crippen LogP contribution in [-0.4, -0.2) is 29.7 Å². The Morgan fingerprint density at radius 1 is 1.14 bits per heavy atom. The molecular formula is C22H24FNO4. The highest BCUT2D eigenvalue weighted by molar-refractivity contribution is 5.81. The maximum absolute atomic E-state index is 13.2. The van der Waals surface area contributed by atoms with E-state index in [-0.39, 0.29) is 24.6 Å². The van der Waals surface area contributed by atoms with Crippen LogP contribution in [0.25, 0.3) is 0 Å². The van der Waals surface area contributed by atoms with Gasteiger partial charge in [-0.15, -0.1) is 0 Å². The average Bonchev–Trinajstić information content (AvgIpc) is 3.38. The van der Waals surface area contributed by atoms with Gasteiger partial charge in [0.15, 0.2) is 17.6 Å². The van der Waals surface area contributed by atoms with Gasteiger partial charge in [0.1, 0.15) is 11.6 Å². The SMILES string of the molecule is CC(Oc1ccc(F)cc1)C(=O)N(Cc1ccc2c(c1)OCO2)C1CCCC1. The molecule has 2 aromatic carbocycles. The van der Waals surface area contributed by atoms with Gasteiger partial charge in [-0.3, -0.25) is 4.79 Å². The van der Waals surface area contributed by atoms with Crippen molar-refractivity contribution < 1.29 is 23.4 Å². The first kappa shape index (κ1) is 18.6. The normalized spacial score (nSPS) is 16.8. The molecule has 0 aromatic heterocycles. The van der Waals surface area contributed by atoms with Gasteiger partial charge in [0.25, 0.3) is 5.91 Å². The van der Waals surface area contributed by atoms with E-state index in [1.165, 1.54) is 24.3 Å². The smallest absolute Gasteiger partial charge is 0.263 e. The summed E-state index contributed by atoms with van der Waals surface area (Å²) in [7, 11) is 0. The molecule has 28 heavy (non-hydrogen) atoms. The van der Waals surface area contributed by atoms with E-state index in [1.54, 1.807) is 6.92 Å². The number of fused-ring (bicyclic) bond motifs is 1. The zero-order valence-electron chi connectivity index (χ0n) is 15.9. The molecule has 1 saturated carbocycles. The zero-order chi connectivity index (χ0) is 19.5. The second kappa shape index (κ2) is 8.09. The van der Waals surface area contributed by atoms with Crippen LogP contribution < -0.4 is 14.2 Å². The fourth-order valence-corrected chi connectivity index (χ4v) is 3.84. The third-order valence-electron chi connectivity index (χ3n) is 5.31. The standard InChI is InChI=1S/C22H24FNO4/c1-15(28-19-9-7-17(23)8-10-19)22(25)24(18-4-2-3-5-18)13-16-6-11-20-21(12-16)27-14-26-20/h6-12,15,18H,2-5,13-14H2,1H3. The molecule has 148 valence electrons. The lowest BCUT2D eigenvalue weighted by Gasteiger charge is -2.31. The first-order valence-electron chi connectivity index (χ1n) is 9.71. The van der Waals surface area contributed by atoms with Gasteiger partial charge in [0, 0.05) is 12.6 Å². The summed E-state index contributed by atoms with van der Waals surface area (Å²) < 4.78 is 29.7. The van der Waals surface area contributed by atoms with Gasteiger partial charge in [-0.1, -0.05) is 18.9 Å². The summed E-state index contributed by atoms with van der Waals surface area (Å²) >= 11 is 0. The van der Waals surface area contributed by atoms with E-state index >= 15 is 0 Å². The molecule has 0 radical (unpaired) electrons. The van der Waals surface area contributed by atoms with E-state index in [0.717, 1.165) is 37.0 Å². The molecule has 1 amide bonds. The molecule has 2 aromatic rings. The van der Waals surface area contributed by atoms with Gasteiger partial charge < -0.3 is 19.1 Å². The molecule has 6 heteroatoms. The summed E-state index contributed by atoms with van der Waals surface area (Å²) in [6, 6.07) is 11.7. The van der Waals surface area contributed by atoms with E-state index in [9.17, 15) is 9.18 Å². The number of carbonyl (C=O) groups is 1. The maximum atomic E-state index is 13.2. The van der Waals surface area contributed by atoms with Gasteiger partial charge >= 0.3 is 0 Å². The van der Waals surface area contributed by atoms with Crippen molar-refractivity contribution in [2.75, 3.05) is 6.79 Å². The number of hydrogen-bond acceptors (Lipinski definition) is 4. The van der Waals surface area contributed by atoms with E-state index < -0.39 is 6.10 Å². The molecule has 1 unspecified atom stereocenters. The lowest BCUT2D eigenvalue weighted by atomic mass is 10.1. The Morgan fingerprint density at radius 2 is 1.86 bits per heavy atom. The molecule has 1 aliphatic carbocycles. The first-order valence-corrected chi connectivity index (χ1v) is 9.71. The van der Waals surface area contributed by atoms with Crippen LogP contribution in [0.2, 0.25) is 0 Å². The predicted molar refractivity (Wildman–Crippen MR) is 102 cm³/mol. The number of ether oxygens (including phenoxy) is 3. The monoisotopic (exact) mass is 385 g/mol. The van der Waals surface area contributed by atoms with Crippen molar-refractivity contribution in [1.29, 1.82) is 0 Å². The van der Waals surface area contributed by atoms with Gasteiger partial charge in [-0.2, -0.15) is 0 Å². The Balaban J connectivity index is 1.50. The second-order valence-corrected chi connectivity index (χ2v) is 7.31. The summed E-state index contributed by atoms with van der Waals surface area (Å²) in [4.78, 5) is 15.1. The van der Waals surface area contributed by atoms with Crippen LogP contribution in [0.1, 0.15) is 38.2 Å². The van der Waals surface area contributed by atoms with Gasteiger partial charge in [0.2, 0.25) is 6.79 Å². The van der Waals surface area contributed by atoms with Crippen molar-refractivity contribution >= 4 is 5.91 Å². The van der Waals surface area contributed by atoms with Gasteiger partial charge in [0.05, 0.1) is 0 Å². The fourth-order valence-electron chi connectivity index (χ4n) is 3.84. The van der Waals surface area contributed by atoms with E-state index in [0.29, 0.717) is 18.0 Å². The Kier molecular flexibility index (Phi) is 5.37. The highest BCUT2D eigenvalue weighted by atomic mass is 19.1. The van der Waals surface area contributed by atoms with Crippen molar-refractivity contribution in [2.24, 2.45) is 0 Å². The molecule has 0 spiro atoms. The largest absolute Gasteiger partial charge is 0.481 e. The van der Waals surface area contributed by atoms with Crippen LogP contribution in [0.3, 0.4) is 0 Å². The maximum Gasteiger partial charge on any atom is 0.263 e. The fraction of sp³-hybridized carbons (Fsp3) is 0.409. The third kappa shape index (κ3) is 4.06. The van der Waals surface area contributed by atoms with Crippen LogP contribution in [0.5, 0.6) is 17.2 Å². The molecule has 1 atom stereocenters. The van der Waals surface area contributed by atoms with E-state index in [1.807, 2.05) is 23.1 Å². The Morgan fingerprint density at radius 3 is 2.61 bits per heavy atom. The predicted octanol–water partition coefficient (Wildman–Crippen LogP) is 4.29. The van der Waals surface area contributed by atoms with Crippen molar-refractivity contribution in [1.82, 2.24) is 4.90 Å². The molecular weight excluding hydrogens is 361 g/mol. The van der Waals surface area contributed by atoms with Gasteiger partial charge in [-0.25, -0.2) is 4.39 Å². The molecule has 2 aliphatic rings. The van der Waals surface area contributed by atoms with E-state index in [2.05, 4.69) is 0 Å². The lowest BCUT2D eigenvalue weighted by molar-refractivity contribution is -0.141. The highest BCUT2D eigenvalue weighted by Crippen LogP contribution is 2.34. The molecule has 1 heterocycles. The number of nitrogens with zero attached hydrogens (tertiary/aromatic N) is 1. The zero-order valence-corrected chi connectivity index (χ0v) is 15.9. The van der Waals surface area contributed by atoms with Gasteiger partial charge in [-0.05, 0) is 61.7 Å². The summed E-state index contributed by atoms with van der Waals surface area (Å²) in [5.74, 6) is 1.54. The second-order valence-electron chi connectivity index (χ2n) is 7.31. The average molecular weight is 385 g/mol. The van der Waals surface area contributed by atoms with Crippen LogP contribution in [0, 0.1) is 5.82 Å². The van der Waals surface area contributed by atoms with Crippen molar-refractivity contribution in [3.05, 3.63) is 53.8 Å². The molecule has 1 fully saturated rings. The molecule has 1 aliphatic heterocycles. The number of hydrogen-bond donors (Lipinski definition) is 0. The van der Waals surface area contributed by atoms with Crippen LogP contribution in [0.4, 0.5) is 4.39 Å². The summed E-state index contributed by atoms with van der Waals surface area (Å²) in [5, 5.41) is 0. The van der Waals surface area contributed by atoms with Crippen LogP contribution >= 0.6 is 0 Å². The number of rotatable bonds is 6. The third-order valence-corrected chi connectivity index (χ3v) is 5.31. The number of halogens is 1. The number of carbonyl (C=O) groups excluding carboxylic acids is 1. The first-order chi connectivity index (χ1) is 13.6. The Hall–Kier alpha value is -2.76. The Labute approximate surface area is 164 Å². The van der Waals surface area contributed by atoms with Crippen LogP contribution in [0.15, 0.2) is 42.5 Å². The summed E-state index contributed by atoms with van der Waals surface area (Å²) in [6.07, 6.45) is 3.60. The summed E-state index contributed by atoms with van der Waals surface area (Å²) in [6.45, 7) is 2.47. The highest BCUT2D eigenvalue weighted by Gasteiger charge is 2.31. The lowest BCUT2D eigenvalue weighted by Crippen LogP contribution is -2.45. The van der Waals surface area contributed by atoms with Crippen molar-refractivity contribution in [2.45, 2.75) is 51.3 Å². The molecule has 5 nitrogen and oxygen atoms in total. The molecule has 0 saturated heterocycles. The minimum absolute atomic E-state index is 0.0612. The van der Waals surface area contributed by atoms with Crippen LogP contribution in [-0.2, 0) is 11.3 Å². The number of amides is 1. The molecule has 4 rings (SSSR count). The molecule has 0 bridgehead atoms. The Bertz CT molecular complexity index is 833.